The van der Waals surface area contributed by atoms with Crippen LogP contribution in [-0.2, 0) is 19.2 Å². The molecule has 0 aliphatic heterocycles. The van der Waals surface area contributed by atoms with Gasteiger partial charge in [-0.3, -0.25) is 14.4 Å². The first-order valence-corrected chi connectivity index (χ1v) is 8.54. The van der Waals surface area contributed by atoms with E-state index in [0.29, 0.717) is 0 Å². The van der Waals surface area contributed by atoms with Crippen molar-refractivity contribution in [3.05, 3.63) is 24.3 Å². The van der Waals surface area contributed by atoms with E-state index in [-0.39, 0.29) is 25.0 Å². The zero-order valence-electron chi connectivity index (χ0n) is 14.0. The summed E-state index contributed by atoms with van der Waals surface area (Å²) in [6.45, 7) is 0. The molecular formula is C16H23N3O6S. The average molecular weight is 385 g/mol. The zero-order valence-corrected chi connectivity index (χ0v) is 14.9. The van der Waals surface area contributed by atoms with Crippen LogP contribution < -0.4 is 16.8 Å². The second kappa shape index (κ2) is 9.51. The number of nitrogens with one attached hydrogen (secondary N) is 1. The van der Waals surface area contributed by atoms with E-state index in [2.05, 4.69) is 17.9 Å². The van der Waals surface area contributed by atoms with E-state index < -0.39 is 47.2 Å². The molecule has 0 aromatic carbocycles. The van der Waals surface area contributed by atoms with Gasteiger partial charge >= 0.3 is 11.9 Å². The minimum Gasteiger partial charge on any atom is -0.480 e. The predicted molar refractivity (Wildman–Crippen MR) is 96.6 cm³/mol. The van der Waals surface area contributed by atoms with Gasteiger partial charge in [-0.15, -0.1) is 0 Å². The Kier molecular flexibility index (Phi) is 8.00. The van der Waals surface area contributed by atoms with Gasteiger partial charge in [0.1, 0.15) is 12.1 Å². The highest BCUT2D eigenvalue weighted by Gasteiger charge is 2.49. The first kappa shape index (κ1) is 21.9. The molecule has 7 N–H and O–H groups in total. The van der Waals surface area contributed by atoms with Crippen LogP contribution in [-0.4, -0.2) is 57.7 Å². The summed E-state index contributed by atoms with van der Waals surface area (Å²) in [5.41, 5.74) is 9.55. The largest absolute Gasteiger partial charge is 0.480 e. The molecular weight excluding hydrogens is 362 g/mol. The Balaban J connectivity index is 3.03. The van der Waals surface area contributed by atoms with Crippen LogP contribution in [0.5, 0.6) is 0 Å². The molecule has 0 spiro atoms. The Labute approximate surface area is 155 Å². The van der Waals surface area contributed by atoms with Crippen molar-refractivity contribution < 1.29 is 29.4 Å². The molecule has 0 fully saturated rings. The van der Waals surface area contributed by atoms with Crippen LogP contribution in [0.4, 0.5) is 0 Å². The maximum Gasteiger partial charge on any atom is 0.327 e. The number of ketones is 1. The summed E-state index contributed by atoms with van der Waals surface area (Å²) in [6, 6.07) is -3.81. The Morgan fingerprint density at radius 1 is 1.12 bits per heavy atom. The summed E-state index contributed by atoms with van der Waals surface area (Å²) in [6.07, 6.45) is 5.81. The summed E-state index contributed by atoms with van der Waals surface area (Å²) < 4.78 is 0. The number of hydrogen-bond donors (Lipinski definition) is 6. The Morgan fingerprint density at radius 3 is 2.23 bits per heavy atom. The number of thiol groups is 1. The van der Waals surface area contributed by atoms with Crippen LogP contribution in [0.2, 0.25) is 0 Å². The Morgan fingerprint density at radius 2 is 1.77 bits per heavy atom. The summed E-state index contributed by atoms with van der Waals surface area (Å²) in [7, 11) is 0. The summed E-state index contributed by atoms with van der Waals surface area (Å²) in [5.74, 6) is -3.92. The molecule has 1 aliphatic rings. The smallest absolute Gasteiger partial charge is 0.327 e. The van der Waals surface area contributed by atoms with Gasteiger partial charge in [-0.2, -0.15) is 12.6 Å². The molecule has 144 valence electrons. The summed E-state index contributed by atoms with van der Waals surface area (Å²) >= 11 is 3.98. The highest BCUT2D eigenvalue weighted by molar-refractivity contribution is 7.80. The number of carboxylic acid groups (broad SMARTS) is 2. The number of hydrogen-bond acceptors (Lipinski definition) is 7. The molecule has 4 atom stereocenters. The van der Waals surface area contributed by atoms with Crippen molar-refractivity contribution in [2.24, 2.45) is 16.9 Å². The first-order chi connectivity index (χ1) is 12.2. The molecule has 0 aromatic heterocycles. The van der Waals surface area contributed by atoms with Gasteiger partial charge in [0.25, 0.3) is 0 Å². The molecule has 9 nitrogen and oxygen atoms in total. The molecule has 0 heterocycles. The Hall–Kier alpha value is -2.17. The van der Waals surface area contributed by atoms with E-state index in [1.165, 1.54) is 12.2 Å². The summed E-state index contributed by atoms with van der Waals surface area (Å²) in [4.78, 5) is 47.4. The van der Waals surface area contributed by atoms with Gasteiger partial charge in [0, 0.05) is 12.2 Å². The fourth-order valence-corrected chi connectivity index (χ4v) is 2.82. The number of carbonyl (C=O) groups is 4. The van der Waals surface area contributed by atoms with E-state index in [9.17, 15) is 24.3 Å². The first-order valence-electron chi connectivity index (χ1n) is 7.91. The monoisotopic (exact) mass is 385 g/mol. The third-order valence-electron chi connectivity index (χ3n) is 4.16. The van der Waals surface area contributed by atoms with Crippen molar-refractivity contribution in [1.29, 1.82) is 0 Å². The molecule has 1 aliphatic carbocycles. The number of carbonyl (C=O) groups excluding carboxylic acids is 2. The molecule has 10 heteroatoms. The number of carboxylic acids is 2. The molecule has 0 saturated carbocycles. The van der Waals surface area contributed by atoms with Crippen molar-refractivity contribution in [3.8, 4) is 0 Å². The van der Waals surface area contributed by atoms with Gasteiger partial charge in [0.05, 0.1) is 11.5 Å². The number of nitrogens with two attached hydrogens (primary N) is 2. The highest BCUT2D eigenvalue weighted by Crippen LogP contribution is 2.34. The maximum absolute atomic E-state index is 12.8. The third kappa shape index (κ3) is 5.16. The minimum atomic E-state index is -1.56. The van der Waals surface area contributed by atoms with Crippen LogP contribution in [0.25, 0.3) is 0 Å². The fraction of sp³-hybridized carbons (Fsp3) is 0.500. The quantitative estimate of drug-likeness (QED) is 0.262. The minimum absolute atomic E-state index is 0.0197. The second-order valence-electron chi connectivity index (χ2n) is 6.01. The number of amides is 1. The molecule has 1 rings (SSSR count). The van der Waals surface area contributed by atoms with Gasteiger partial charge in [0.15, 0.2) is 5.78 Å². The number of allylic oxidation sites excluding steroid dienone is 3. The third-order valence-corrected chi connectivity index (χ3v) is 4.55. The molecule has 0 bridgehead atoms. The summed E-state index contributed by atoms with van der Waals surface area (Å²) in [5, 5.41) is 20.7. The standard InChI is InChI=1S/C16H23N3O6S/c17-9(14(22)23)4-5-11(20)19-12(15(24)25)16(6-2-1-3-7-16)13(21)10(18)8-26/h1-3,6,9-10,12,26H,4-5,7-8,17-18H2,(H,19,20)(H,22,23)(H,24,25)/t9-,10-,12-,16?/m0/s1. The zero-order chi connectivity index (χ0) is 19.9. The topological polar surface area (TPSA) is 173 Å². The highest BCUT2D eigenvalue weighted by atomic mass is 32.1. The van der Waals surface area contributed by atoms with Gasteiger partial charge in [-0.05, 0) is 12.8 Å². The van der Waals surface area contributed by atoms with Gasteiger partial charge < -0.3 is 27.0 Å². The molecule has 0 aromatic rings. The lowest BCUT2D eigenvalue weighted by Crippen LogP contribution is -2.59. The molecule has 0 saturated heterocycles. The molecule has 26 heavy (non-hydrogen) atoms. The molecule has 0 radical (unpaired) electrons. The van der Waals surface area contributed by atoms with E-state index in [1.807, 2.05) is 0 Å². The SMILES string of the molecule is N[C@@H](CCC(=O)N[C@@H](C(=O)O)C1(C(=O)[C@@H](N)CS)C=CC=CC1)C(=O)O. The van der Waals surface area contributed by atoms with Crippen LogP contribution in [0.3, 0.4) is 0 Å². The van der Waals surface area contributed by atoms with E-state index in [0.717, 1.165) is 0 Å². The average Bonchev–Trinajstić information content (AvgIpc) is 2.62. The molecule has 1 amide bonds. The van der Waals surface area contributed by atoms with Crippen molar-refractivity contribution in [2.45, 2.75) is 37.4 Å². The van der Waals surface area contributed by atoms with Crippen molar-refractivity contribution in [2.75, 3.05) is 5.75 Å². The maximum atomic E-state index is 12.8. The second-order valence-corrected chi connectivity index (χ2v) is 6.37. The lowest BCUT2D eigenvalue weighted by molar-refractivity contribution is -0.149. The number of aliphatic carboxylic acids is 2. The molecule has 1 unspecified atom stereocenters. The van der Waals surface area contributed by atoms with E-state index >= 15 is 0 Å². The van der Waals surface area contributed by atoms with Crippen LogP contribution >= 0.6 is 12.6 Å². The lowest BCUT2D eigenvalue weighted by Gasteiger charge is -2.37. The van der Waals surface area contributed by atoms with Crippen molar-refractivity contribution in [1.82, 2.24) is 5.32 Å². The fourth-order valence-electron chi connectivity index (χ4n) is 2.66. The normalized spacial score (nSPS) is 22.3. The van der Waals surface area contributed by atoms with E-state index in [4.69, 9.17) is 16.6 Å². The van der Waals surface area contributed by atoms with Crippen LogP contribution in [0, 0.1) is 5.41 Å². The van der Waals surface area contributed by atoms with Gasteiger partial charge in [-0.25, -0.2) is 4.79 Å². The van der Waals surface area contributed by atoms with Gasteiger partial charge in [-0.1, -0.05) is 24.3 Å². The van der Waals surface area contributed by atoms with Crippen molar-refractivity contribution in [3.63, 3.8) is 0 Å². The number of Topliss-reactive ketones (excluding diaryl/α,β-unsaturated/α-hetero) is 1. The van der Waals surface area contributed by atoms with E-state index in [1.54, 1.807) is 12.2 Å². The van der Waals surface area contributed by atoms with Crippen LogP contribution in [0.1, 0.15) is 19.3 Å². The van der Waals surface area contributed by atoms with Crippen molar-refractivity contribution >= 4 is 36.3 Å². The Bertz CT molecular complexity index is 635. The predicted octanol–water partition coefficient (Wildman–Crippen LogP) is -0.923. The van der Waals surface area contributed by atoms with Gasteiger partial charge in [0.2, 0.25) is 5.91 Å². The lowest BCUT2D eigenvalue weighted by atomic mass is 9.70. The number of rotatable bonds is 10. The van der Waals surface area contributed by atoms with Crippen LogP contribution in [0.15, 0.2) is 24.3 Å².